The van der Waals surface area contributed by atoms with Crippen molar-refractivity contribution in [2.45, 2.75) is 18.8 Å². The Labute approximate surface area is 135 Å². The highest BCUT2D eigenvalue weighted by Gasteiger charge is 2.33. The number of thioether (sulfide) groups is 1. The van der Waals surface area contributed by atoms with Gasteiger partial charge in [-0.3, -0.25) is 9.88 Å². The van der Waals surface area contributed by atoms with Gasteiger partial charge in [-0.2, -0.15) is 11.8 Å². The second-order valence-corrected chi connectivity index (χ2v) is 8.86. The van der Waals surface area contributed by atoms with Gasteiger partial charge in [-0.25, -0.2) is 8.42 Å². The van der Waals surface area contributed by atoms with Crippen molar-refractivity contribution < 1.29 is 8.42 Å². The van der Waals surface area contributed by atoms with Crippen molar-refractivity contribution in [1.29, 1.82) is 0 Å². The molecular weight excluding hydrogens is 326 g/mol. The first-order valence-electron chi connectivity index (χ1n) is 6.72. The van der Waals surface area contributed by atoms with E-state index in [9.17, 15) is 8.42 Å². The monoisotopic (exact) mass is 345 g/mol. The van der Waals surface area contributed by atoms with Crippen molar-refractivity contribution in [2.75, 3.05) is 23.8 Å². The van der Waals surface area contributed by atoms with Crippen LogP contribution < -0.4 is 5.73 Å². The molecule has 1 atom stereocenters. The third-order valence-electron chi connectivity index (χ3n) is 3.51. The summed E-state index contributed by atoms with van der Waals surface area (Å²) in [6.07, 6.45) is 1.64. The molecule has 5 nitrogen and oxygen atoms in total. The summed E-state index contributed by atoms with van der Waals surface area (Å²) in [5, 5.41) is -0.444. The van der Waals surface area contributed by atoms with E-state index in [0.717, 1.165) is 17.9 Å². The molecule has 0 aromatic carbocycles. The highest BCUT2D eigenvalue weighted by Crippen LogP contribution is 2.24. The van der Waals surface area contributed by atoms with Gasteiger partial charge in [0.2, 0.25) is 0 Å². The van der Waals surface area contributed by atoms with Crippen LogP contribution in [-0.2, 0) is 16.4 Å². The van der Waals surface area contributed by atoms with E-state index in [1.165, 1.54) is 0 Å². The van der Waals surface area contributed by atoms with E-state index in [1.54, 1.807) is 24.9 Å². The highest BCUT2D eigenvalue weighted by molar-refractivity contribution is 8.01. The second-order valence-electron chi connectivity index (χ2n) is 4.83. The lowest BCUT2D eigenvalue weighted by Gasteiger charge is -2.34. The average Bonchev–Trinajstić information content (AvgIpc) is 2.48. The van der Waals surface area contributed by atoms with Gasteiger partial charge in [0.1, 0.15) is 16.1 Å². The molecule has 0 amide bonds. The molecule has 2 rings (SSSR count). The van der Waals surface area contributed by atoms with Crippen LogP contribution in [0.25, 0.3) is 0 Å². The van der Waals surface area contributed by atoms with Gasteiger partial charge in [-0.05, 0) is 11.6 Å². The summed E-state index contributed by atoms with van der Waals surface area (Å²) < 4.78 is 24.5. The lowest BCUT2D eigenvalue weighted by Crippen LogP contribution is -2.47. The summed E-state index contributed by atoms with van der Waals surface area (Å²) in [4.78, 5) is 6.44. The fourth-order valence-electron chi connectivity index (χ4n) is 2.33. The summed E-state index contributed by atoms with van der Waals surface area (Å²) in [6.45, 7) is 2.93. The van der Waals surface area contributed by atoms with Crippen molar-refractivity contribution in [1.82, 2.24) is 9.88 Å². The highest BCUT2D eigenvalue weighted by atomic mass is 32.2. The Kier molecular flexibility index (Phi) is 5.59. The Morgan fingerprint density at radius 2 is 2.38 bits per heavy atom. The third kappa shape index (κ3) is 3.94. The lowest BCUT2D eigenvalue weighted by atomic mass is 10.1. The van der Waals surface area contributed by atoms with Crippen molar-refractivity contribution in [2.24, 2.45) is 5.73 Å². The van der Waals surface area contributed by atoms with E-state index in [4.69, 9.17) is 18.0 Å². The topological polar surface area (TPSA) is 76.3 Å². The van der Waals surface area contributed by atoms with Crippen LogP contribution in [0, 0.1) is 0 Å². The molecule has 21 heavy (non-hydrogen) atoms. The summed E-state index contributed by atoms with van der Waals surface area (Å²) in [7, 11) is -3.10. The molecule has 1 aliphatic rings. The Hall–Kier alpha value is -0.700. The molecule has 0 radical (unpaired) electrons. The SMILES string of the molecule is CCS(=O)(=O)C1CSCCN1Cc1cccnc1C(N)=S. The number of hydrogen-bond acceptors (Lipinski definition) is 6. The van der Waals surface area contributed by atoms with Gasteiger partial charge in [0.25, 0.3) is 0 Å². The van der Waals surface area contributed by atoms with Crippen molar-refractivity contribution >= 4 is 38.8 Å². The van der Waals surface area contributed by atoms with Crippen LogP contribution >= 0.6 is 24.0 Å². The normalized spacial score (nSPS) is 20.3. The fourth-order valence-corrected chi connectivity index (χ4v) is 5.59. The summed E-state index contributed by atoms with van der Waals surface area (Å²) >= 11 is 6.70. The summed E-state index contributed by atoms with van der Waals surface area (Å²) in [5.41, 5.74) is 7.16. The number of rotatable bonds is 5. The largest absolute Gasteiger partial charge is 0.388 e. The predicted molar refractivity (Wildman–Crippen MR) is 91.1 cm³/mol. The number of nitrogens with zero attached hydrogens (tertiary/aromatic N) is 2. The Balaban J connectivity index is 2.26. The maximum Gasteiger partial charge on any atom is 0.166 e. The van der Waals surface area contributed by atoms with Gasteiger partial charge in [0, 0.05) is 36.5 Å². The molecule has 0 aliphatic carbocycles. The molecule has 2 N–H and O–H groups in total. The minimum atomic E-state index is -3.10. The molecule has 2 heterocycles. The Bertz CT molecular complexity index is 619. The Morgan fingerprint density at radius 3 is 3.05 bits per heavy atom. The minimum Gasteiger partial charge on any atom is -0.388 e. The molecule has 0 saturated carbocycles. The zero-order chi connectivity index (χ0) is 15.5. The number of hydrogen-bond donors (Lipinski definition) is 1. The first kappa shape index (κ1) is 16.7. The van der Waals surface area contributed by atoms with E-state index in [2.05, 4.69) is 4.98 Å². The second kappa shape index (κ2) is 7.04. The molecular formula is C13H19N3O2S3. The number of thiocarbonyl (C=S) groups is 1. The van der Waals surface area contributed by atoms with Crippen LogP contribution in [0.5, 0.6) is 0 Å². The van der Waals surface area contributed by atoms with Crippen molar-refractivity contribution in [3.63, 3.8) is 0 Å². The maximum absolute atomic E-state index is 12.3. The van der Waals surface area contributed by atoms with Crippen LogP contribution in [0.2, 0.25) is 0 Å². The maximum atomic E-state index is 12.3. The van der Waals surface area contributed by atoms with E-state index >= 15 is 0 Å². The molecule has 0 spiro atoms. The van der Waals surface area contributed by atoms with Crippen LogP contribution in [-0.4, -0.2) is 52.5 Å². The zero-order valence-electron chi connectivity index (χ0n) is 11.9. The van der Waals surface area contributed by atoms with Crippen LogP contribution in [0.1, 0.15) is 18.2 Å². The molecule has 1 saturated heterocycles. The number of pyridine rings is 1. The van der Waals surface area contributed by atoms with Gasteiger partial charge in [0.15, 0.2) is 9.84 Å². The zero-order valence-corrected chi connectivity index (χ0v) is 14.3. The Morgan fingerprint density at radius 1 is 1.62 bits per heavy atom. The molecule has 1 fully saturated rings. The first-order chi connectivity index (χ1) is 9.95. The molecule has 116 valence electrons. The van der Waals surface area contributed by atoms with Gasteiger partial charge < -0.3 is 5.73 Å². The molecule has 1 aromatic heterocycles. The smallest absolute Gasteiger partial charge is 0.166 e. The van der Waals surface area contributed by atoms with E-state index in [0.29, 0.717) is 18.0 Å². The molecule has 1 aromatic rings. The quantitative estimate of drug-likeness (QED) is 0.799. The van der Waals surface area contributed by atoms with Crippen molar-refractivity contribution in [3.8, 4) is 0 Å². The molecule has 8 heteroatoms. The number of sulfone groups is 1. The van der Waals surface area contributed by atoms with Crippen LogP contribution in [0.4, 0.5) is 0 Å². The van der Waals surface area contributed by atoms with Gasteiger partial charge in [0.05, 0.1) is 0 Å². The predicted octanol–water partition coefficient (Wildman–Crippen LogP) is 1.03. The molecule has 1 unspecified atom stereocenters. The summed E-state index contributed by atoms with van der Waals surface area (Å²) in [6, 6.07) is 3.72. The van der Waals surface area contributed by atoms with E-state index in [1.807, 2.05) is 17.0 Å². The molecule has 1 aliphatic heterocycles. The first-order valence-corrected chi connectivity index (χ1v) is 10.0. The fraction of sp³-hybridized carbons (Fsp3) is 0.538. The van der Waals surface area contributed by atoms with Crippen LogP contribution in [0.3, 0.4) is 0 Å². The van der Waals surface area contributed by atoms with Crippen LogP contribution in [0.15, 0.2) is 18.3 Å². The number of nitrogens with two attached hydrogens (primary N) is 1. The van der Waals surface area contributed by atoms with Crippen molar-refractivity contribution in [3.05, 3.63) is 29.6 Å². The molecule has 0 bridgehead atoms. The van der Waals surface area contributed by atoms with Gasteiger partial charge in [-0.15, -0.1) is 0 Å². The van der Waals surface area contributed by atoms with Gasteiger partial charge in [-0.1, -0.05) is 25.2 Å². The average molecular weight is 346 g/mol. The van der Waals surface area contributed by atoms with E-state index < -0.39 is 15.2 Å². The van der Waals surface area contributed by atoms with E-state index in [-0.39, 0.29) is 10.7 Å². The minimum absolute atomic E-state index is 0.157. The number of aromatic nitrogens is 1. The lowest BCUT2D eigenvalue weighted by molar-refractivity contribution is 0.261. The third-order valence-corrected chi connectivity index (χ3v) is 7.03. The van der Waals surface area contributed by atoms with Gasteiger partial charge >= 0.3 is 0 Å². The summed E-state index contributed by atoms with van der Waals surface area (Å²) in [5.74, 6) is 1.70. The standard InChI is InChI=1S/C13H19N3O2S3/c1-2-21(17,18)11-9-20-7-6-16(11)8-10-4-3-5-15-12(10)13(14)19/h3-5,11H,2,6-9H2,1H3,(H2,14,19).